The highest BCUT2D eigenvalue weighted by Gasteiger charge is 2.14. The van der Waals surface area contributed by atoms with E-state index >= 15 is 0 Å². The van der Waals surface area contributed by atoms with Crippen LogP contribution in [0.2, 0.25) is 0 Å². The highest BCUT2D eigenvalue weighted by atomic mass is 32.1. The fraction of sp³-hybridized carbons (Fsp3) is 0.455. The van der Waals surface area contributed by atoms with E-state index in [2.05, 4.69) is 44.9 Å². The Hall–Kier alpha value is -1.20. The molecule has 4 nitrogen and oxygen atoms in total. The molecule has 86 valence electrons. The minimum Gasteiger partial charge on any atom is -0.307 e. The molecule has 1 unspecified atom stereocenters. The average Bonchev–Trinajstić information content (AvgIpc) is 2.96. The predicted molar refractivity (Wildman–Crippen MR) is 65.4 cm³/mol. The molecular weight excluding hydrogens is 220 g/mol. The number of nitrogens with zero attached hydrogens (tertiary/aromatic N) is 2. The predicted octanol–water partition coefficient (Wildman–Crippen LogP) is 2.15. The molecule has 0 saturated heterocycles. The van der Waals surface area contributed by atoms with Gasteiger partial charge in [0.25, 0.3) is 0 Å². The minimum atomic E-state index is 0.237. The maximum atomic E-state index is 4.23. The van der Waals surface area contributed by atoms with E-state index in [1.165, 1.54) is 4.88 Å². The van der Waals surface area contributed by atoms with Gasteiger partial charge in [0, 0.05) is 11.3 Å². The maximum absolute atomic E-state index is 4.23. The summed E-state index contributed by atoms with van der Waals surface area (Å²) < 4.78 is 0. The zero-order valence-corrected chi connectivity index (χ0v) is 10.1. The smallest absolute Gasteiger partial charge is 0.141 e. The summed E-state index contributed by atoms with van der Waals surface area (Å²) in [5.41, 5.74) is 0. The molecule has 0 amide bonds. The fourth-order valence-corrected chi connectivity index (χ4v) is 2.35. The zero-order chi connectivity index (χ0) is 11.2. The third-order valence-electron chi connectivity index (χ3n) is 2.39. The Kier molecular flexibility index (Phi) is 4.07. The lowest BCUT2D eigenvalue weighted by molar-refractivity contribution is 0.509. The van der Waals surface area contributed by atoms with Crippen LogP contribution in [0.4, 0.5) is 0 Å². The molecule has 2 N–H and O–H groups in total. The second kappa shape index (κ2) is 5.77. The largest absolute Gasteiger partial charge is 0.307 e. The number of H-pyrrole nitrogens is 1. The van der Waals surface area contributed by atoms with Crippen molar-refractivity contribution in [1.29, 1.82) is 0 Å². The molecule has 2 aromatic rings. The van der Waals surface area contributed by atoms with Crippen LogP contribution in [0.25, 0.3) is 0 Å². The molecule has 0 aliphatic carbocycles. The molecular formula is C11H16N4S. The second-order valence-electron chi connectivity index (χ2n) is 3.66. The lowest BCUT2D eigenvalue weighted by Gasteiger charge is -2.14. The summed E-state index contributed by atoms with van der Waals surface area (Å²) in [6.07, 6.45) is 3.65. The molecule has 2 rings (SSSR count). The van der Waals surface area contributed by atoms with Gasteiger partial charge >= 0.3 is 0 Å². The van der Waals surface area contributed by atoms with Crippen LogP contribution in [0, 0.1) is 0 Å². The summed E-state index contributed by atoms with van der Waals surface area (Å²) >= 11 is 1.78. The van der Waals surface area contributed by atoms with Gasteiger partial charge in [0.15, 0.2) is 0 Å². The summed E-state index contributed by atoms with van der Waals surface area (Å²) in [6, 6.07) is 4.47. The van der Waals surface area contributed by atoms with Crippen molar-refractivity contribution < 1.29 is 0 Å². The molecule has 2 heterocycles. The van der Waals surface area contributed by atoms with Gasteiger partial charge < -0.3 is 5.32 Å². The Morgan fingerprint density at radius 2 is 2.50 bits per heavy atom. The topological polar surface area (TPSA) is 53.6 Å². The van der Waals surface area contributed by atoms with E-state index in [1.54, 1.807) is 17.7 Å². The van der Waals surface area contributed by atoms with Crippen LogP contribution in [0.1, 0.15) is 30.1 Å². The molecule has 0 aliphatic rings. The molecule has 5 heteroatoms. The number of thiophene rings is 1. The van der Waals surface area contributed by atoms with Crippen molar-refractivity contribution in [3.63, 3.8) is 0 Å². The van der Waals surface area contributed by atoms with Crippen molar-refractivity contribution in [3.8, 4) is 0 Å². The quantitative estimate of drug-likeness (QED) is 0.808. The Balaban J connectivity index is 2.03. The SMILES string of the molecule is CCCNC(Cc1cccs1)c1ncn[nH]1. The van der Waals surface area contributed by atoms with Crippen LogP contribution in [0.3, 0.4) is 0 Å². The van der Waals surface area contributed by atoms with Gasteiger partial charge in [-0.05, 0) is 24.4 Å². The van der Waals surface area contributed by atoms with Crippen molar-refractivity contribution in [2.45, 2.75) is 25.8 Å². The summed E-state index contributed by atoms with van der Waals surface area (Å²) in [5.74, 6) is 0.918. The van der Waals surface area contributed by atoms with Gasteiger partial charge in [-0.1, -0.05) is 13.0 Å². The highest BCUT2D eigenvalue weighted by molar-refractivity contribution is 7.09. The standard InChI is InChI=1S/C11H16N4S/c1-2-5-12-10(11-13-8-14-15-11)7-9-4-3-6-16-9/h3-4,6,8,10,12H,2,5,7H2,1H3,(H,13,14,15). The Morgan fingerprint density at radius 1 is 1.56 bits per heavy atom. The molecule has 0 fully saturated rings. The average molecular weight is 236 g/mol. The van der Waals surface area contributed by atoms with Gasteiger partial charge in [-0.2, -0.15) is 5.10 Å². The van der Waals surface area contributed by atoms with Gasteiger partial charge in [-0.3, -0.25) is 5.10 Å². The monoisotopic (exact) mass is 236 g/mol. The van der Waals surface area contributed by atoms with Crippen molar-refractivity contribution in [3.05, 3.63) is 34.5 Å². The maximum Gasteiger partial charge on any atom is 0.141 e. The normalized spacial score (nSPS) is 12.8. The van der Waals surface area contributed by atoms with Crippen molar-refractivity contribution >= 4 is 11.3 Å². The number of aromatic nitrogens is 3. The van der Waals surface area contributed by atoms with E-state index in [0.29, 0.717) is 0 Å². The molecule has 0 saturated carbocycles. The fourth-order valence-electron chi connectivity index (χ4n) is 1.60. The van der Waals surface area contributed by atoms with Crippen molar-refractivity contribution in [2.75, 3.05) is 6.54 Å². The van der Waals surface area contributed by atoms with E-state index in [9.17, 15) is 0 Å². The van der Waals surface area contributed by atoms with Crippen LogP contribution >= 0.6 is 11.3 Å². The molecule has 16 heavy (non-hydrogen) atoms. The van der Waals surface area contributed by atoms with E-state index in [-0.39, 0.29) is 6.04 Å². The van der Waals surface area contributed by atoms with Crippen molar-refractivity contribution in [1.82, 2.24) is 20.5 Å². The number of nitrogens with one attached hydrogen (secondary N) is 2. The molecule has 0 radical (unpaired) electrons. The lowest BCUT2D eigenvalue weighted by atomic mass is 10.1. The van der Waals surface area contributed by atoms with Gasteiger partial charge in [0.1, 0.15) is 12.2 Å². The Labute approximate surface area is 99.1 Å². The van der Waals surface area contributed by atoms with Gasteiger partial charge in [-0.15, -0.1) is 11.3 Å². The first-order chi connectivity index (χ1) is 7.90. The molecule has 0 bridgehead atoms. The number of rotatable bonds is 6. The van der Waals surface area contributed by atoms with E-state index in [0.717, 1.165) is 25.2 Å². The number of aromatic amines is 1. The van der Waals surface area contributed by atoms with E-state index in [4.69, 9.17) is 0 Å². The van der Waals surface area contributed by atoms with E-state index < -0.39 is 0 Å². The van der Waals surface area contributed by atoms with Crippen LogP contribution < -0.4 is 5.32 Å². The lowest BCUT2D eigenvalue weighted by Crippen LogP contribution is -2.24. The summed E-state index contributed by atoms with van der Waals surface area (Å²) in [7, 11) is 0. The first-order valence-electron chi connectivity index (χ1n) is 5.51. The van der Waals surface area contributed by atoms with Gasteiger partial charge in [0.05, 0.1) is 6.04 Å². The molecule has 0 aliphatic heterocycles. The Bertz CT molecular complexity index is 382. The second-order valence-corrected chi connectivity index (χ2v) is 4.69. The van der Waals surface area contributed by atoms with Gasteiger partial charge in [0.2, 0.25) is 0 Å². The highest BCUT2D eigenvalue weighted by Crippen LogP contribution is 2.18. The summed E-state index contributed by atoms with van der Waals surface area (Å²) in [5, 5.41) is 12.4. The first-order valence-corrected chi connectivity index (χ1v) is 6.39. The van der Waals surface area contributed by atoms with Crippen LogP contribution in [-0.2, 0) is 6.42 Å². The Morgan fingerprint density at radius 3 is 3.12 bits per heavy atom. The third-order valence-corrected chi connectivity index (χ3v) is 3.29. The third kappa shape index (κ3) is 2.90. The van der Waals surface area contributed by atoms with Crippen molar-refractivity contribution in [2.24, 2.45) is 0 Å². The number of hydrogen-bond acceptors (Lipinski definition) is 4. The van der Waals surface area contributed by atoms with Gasteiger partial charge in [-0.25, -0.2) is 4.98 Å². The number of hydrogen-bond donors (Lipinski definition) is 2. The minimum absolute atomic E-state index is 0.237. The molecule has 2 aromatic heterocycles. The van der Waals surface area contributed by atoms with E-state index in [1.807, 2.05) is 0 Å². The van der Waals surface area contributed by atoms with Crippen LogP contribution in [0.15, 0.2) is 23.8 Å². The van der Waals surface area contributed by atoms with Crippen LogP contribution in [0.5, 0.6) is 0 Å². The molecule has 1 atom stereocenters. The zero-order valence-electron chi connectivity index (χ0n) is 9.31. The summed E-state index contributed by atoms with van der Waals surface area (Å²) in [6.45, 7) is 3.16. The molecule has 0 aromatic carbocycles. The first kappa shape index (κ1) is 11.3. The van der Waals surface area contributed by atoms with Crippen LogP contribution in [-0.4, -0.2) is 21.7 Å². The molecule has 0 spiro atoms. The summed E-state index contributed by atoms with van der Waals surface area (Å²) in [4.78, 5) is 5.59.